The third kappa shape index (κ3) is 4.64. The van der Waals surface area contributed by atoms with E-state index < -0.39 is 0 Å². The molecule has 4 saturated carbocycles. The van der Waals surface area contributed by atoms with E-state index in [1.54, 1.807) is 11.1 Å². The molecule has 5 atom stereocenters. The summed E-state index contributed by atoms with van der Waals surface area (Å²) in [6.45, 7) is 9.67. The lowest BCUT2D eigenvalue weighted by Gasteiger charge is -2.49. The van der Waals surface area contributed by atoms with Gasteiger partial charge in [-0.15, -0.1) is 0 Å². The molecule has 13 rings (SSSR count). The molecule has 6 aromatic carbocycles. The van der Waals surface area contributed by atoms with Gasteiger partial charge in [-0.25, -0.2) is 0 Å². The van der Waals surface area contributed by atoms with Crippen LogP contribution in [0.5, 0.6) is 0 Å². The molecule has 4 fully saturated rings. The van der Waals surface area contributed by atoms with Crippen LogP contribution < -0.4 is 4.90 Å². The van der Waals surface area contributed by atoms with Crippen molar-refractivity contribution >= 4 is 50.8 Å². The van der Waals surface area contributed by atoms with Crippen molar-refractivity contribution in [2.45, 2.75) is 92.3 Å². The topological polar surface area (TPSA) is 16.4 Å². The van der Waals surface area contributed by atoms with Crippen molar-refractivity contribution in [3.05, 3.63) is 150 Å². The molecule has 0 amide bonds. The lowest BCUT2D eigenvalue weighted by atomic mass is 9.57. The van der Waals surface area contributed by atoms with E-state index in [-0.39, 0.29) is 16.2 Å². The number of nitrogens with zero attached hydrogens (tertiary/aromatic N) is 1. The molecule has 1 aliphatic heterocycles. The highest BCUT2D eigenvalue weighted by molar-refractivity contribution is 7.99. The standard InChI is InChI=1S/C53H49NOS/c1-51(2)23-24-52(3,4)45-30-38(19-21-42(45)51)54(39-18-20-41-40-9-5-7-11-47(40)55-48(41)31-39)37-16-13-33(14-17-37)34-15-22-50-46(29-34)53(43-10-6-8-12-49(43)56-50)36-26-32-25-35(28-36)44(53)27-32/h5-22,29-32,35-36,44H,23-28H2,1-4H3. The van der Waals surface area contributed by atoms with E-state index in [1.165, 1.54) is 76.3 Å². The molecule has 56 heavy (non-hydrogen) atoms. The van der Waals surface area contributed by atoms with Gasteiger partial charge in [-0.05, 0) is 167 Å². The van der Waals surface area contributed by atoms with Gasteiger partial charge in [-0.3, -0.25) is 0 Å². The van der Waals surface area contributed by atoms with Gasteiger partial charge in [0.15, 0.2) is 0 Å². The molecule has 1 spiro atoms. The van der Waals surface area contributed by atoms with E-state index in [9.17, 15) is 0 Å². The Labute approximate surface area is 335 Å². The first-order valence-corrected chi connectivity index (χ1v) is 21.9. The maximum absolute atomic E-state index is 6.46. The van der Waals surface area contributed by atoms with Gasteiger partial charge in [-0.2, -0.15) is 0 Å². The second-order valence-electron chi connectivity index (χ2n) is 19.2. The summed E-state index contributed by atoms with van der Waals surface area (Å²) in [6.07, 6.45) is 8.06. The summed E-state index contributed by atoms with van der Waals surface area (Å²) in [5, 5.41) is 2.32. The van der Waals surface area contributed by atoms with Crippen molar-refractivity contribution in [3.8, 4) is 11.1 Å². The Balaban J connectivity index is 0.979. The van der Waals surface area contributed by atoms with Crippen molar-refractivity contribution in [2.24, 2.45) is 23.7 Å². The van der Waals surface area contributed by atoms with Gasteiger partial charge < -0.3 is 9.32 Å². The minimum Gasteiger partial charge on any atom is -0.456 e. The molecule has 2 heterocycles. The van der Waals surface area contributed by atoms with Crippen LogP contribution in [0.25, 0.3) is 33.1 Å². The largest absolute Gasteiger partial charge is 0.456 e. The summed E-state index contributed by atoms with van der Waals surface area (Å²) in [5.74, 6) is 3.36. The highest BCUT2D eigenvalue weighted by Gasteiger charge is 2.65. The molecule has 7 aromatic rings. The summed E-state index contributed by atoms with van der Waals surface area (Å²) in [4.78, 5) is 5.41. The fraction of sp³-hybridized carbons (Fsp3) is 0.321. The summed E-state index contributed by atoms with van der Waals surface area (Å²) in [6, 6.07) is 48.6. The van der Waals surface area contributed by atoms with Gasteiger partial charge in [-0.1, -0.05) is 100 Å². The number of fused-ring (bicyclic) bond motifs is 6. The molecule has 1 aromatic heterocycles. The van der Waals surface area contributed by atoms with E-state index in [1.807, 2.05) is 11.8 Å². The van der Waals surface area contributed by atoms with Crippen LogP contribution in [-0.4, -0.2) is 0 Å². The molecule has 4 bridgehead atoms. The molecule has 0 radical (unpaired) electrons. The SMILES string of the molecule is CC1(C)CCC(C)(C)c2cc(N(c3ccc(-c4ccc5c(c4)C4(c6ccccc6S5)C5CC6CC(C5)C4C6)cc3)c3ccc4c(c3)oc3ccccc34)ccc21. The quantitative estimate of drug-likeness (QED) is 0.178. The van der Waals surface area contributed by atoms with Gasteiger partial charge in [0.1, 0.15) is 11.2 Å². The van der Waals surface area contributed by atoms with Crippen LogP contribution in [0.1, 0.15) is 88.5 Å². The highest BCUT2D eigenvalue weighted by atomic mass is 32.2. The smallest absolute Gasteiger partial charge is 0.137 e. The average Bonchev–Trinajstić information content (AvgIpc) is 3.80. The zero-order chi connectivity index (χ0) is 37.6. The number of anilines is 3. The van der Waals surface area contributed by atoms with E-state index in [2.05, 4.69) is 160 Å². The summed E-state index contributed by atoms with van der Waals surface area (Å²) >= 11 is 2.00. The van der Waals surface area contributed by atoms with Crippen molar-refractivity contribution in [3.63, 3.8) is 0 Å². The summed E-state index contributed by atoms with van der Waals surface area (Å²) in [7, 11) is 0. The zero-order valence-corrected chi connectivity index (χ0v) is 33.8. The molecule has 0 N–H and O–H groups in total. The van der Waals surface area contributed by atoms with Crippen molar-refractivity contribution in [2.75, 3.05) is 4.90 Å². The lowest BCUT2D eigenvalue weighted by Crippen LogP contribution is -2.43. The second-order valence-corrected chi connectivity index (χ2v) is 20.3. The Bertz CT molecular complexity index is 2730. The van der Waals surface area contributed by atoms with Crippen LogP contribution in [0.15, 0.2) is 142 Å². The minimum absolute atomic E-state index is 0.111. The molecule has 2 nitrogen and oxygen atoms in total. The van der Waals surface area contributed by atoms with E-state index in [0.717, 1.165) is 57.0 Å². The van der Waals surface area contributed by atoms with Crippen molar-refractivity contribution in [1.82, 2.24) is 0 Å². The van der Waals surface area contributed by atoms with Gasteiger partial charge in [0.05, 0.1) is 0 Å². The van der Waals surface area contributed by atoms with E-state index in [4.69, 9.17) is 4.42 Å². The normalized spacial score (nSPS) is 26.1. The maximum atomic E-state index is 6.46. The lowest BCUT2D eigenvalue weighted by molar-refractivity contribution is 0.181. The molecule has 5 unspecified atom stereocenters. The van der Waals surface area contributed by atoms with Crippen LogP contribution in [0.4, 0.5) is 17.1 Å². The molecular weight excluding hydrogens is 699 g/mol. The second kappa shape index (κ2) is 11.7. The van der Waals surface area contributed by atoms with Crippen molar-refractivity contribution in [1.29, 1.82) is 0 Å². The number of furan rings is 1. The number of hydrogen-bond donors (Lipinski definition) is 0. The van der Waals surface area contributed by atoms with Crippen LogP contribution in [-0.2, 0) is 16.2 Å². The number of hydrogen-bond acceptors (Lipinski definition) is 3. The molecular formula is C53H49NOS. The summed E-state index contributed by atoms with van der Waals surface area (Å²) < 4.78 is 6.46. The average molecular weight is 748 g/mol. The Hall–Kier alpha value is -4.73. The van der Waals surface area contributed by atoms with Crippen LogP contribution in [0.2, 0.25) is 0 Å². The first kappa shape index (κ1) is 33.4. The maximum Gasteiger partial charge on any atom is 0.137 e. The highest BCUT2D eigenvalue weighted by Crippen LogP contribution is 2.72. The third-order valence-corrected chi connectivity index (χ3v) is 16.5. The van der Waals surface area contributed by atoms with Gasteiger partial charge in [0.2, 0.25) is 0 Å². The van der Waals surface area contributed by atoms with Crippen LogP contribution in [0.3, 0.4) is 0 Å². The predicted molar refractivity (Wildman–Crippen MR) is 233 cm³/mol. The van der Waals surface area contributed by atoms with E-state index in [0.29, 0.717) is 0 Å². The van der Waals surface area contributed by atoms with Gasteiger partial charge >= 0.3 is 0 Å². The third-order valence-electron chi connectivity index (χ3n) is 15.4. The van der Waals surface area contributed by atoms with Crippen molar-refractivity contribution < 1.29 is 4.42 Å². The van der Waals surface area contributed by atoms with Crippen LogP contribution in [0, 0.1) is 23.7 Å². The zero-order valence-electron chi connectivity index (χ0n) is 32.9. The summed E-state index contributed by atoms with van der Waals surface area (Å²) in [5.41, 5.74) is 14.5. The van der Waals surface area contributed by atoms with Gasteiger partial charge in [0, 0.05) is 49.1 Å². The monoisotopic (exact) mass is 747 g/mol. The Morgan fingerprint density at radius 1 is 0.536 bits per heavy atom. The fourth-order valence-corrected chi connectivity index (χ4v) is 13.9. The first-order valence-electron chi connectivity index (χ1n) is 21.1. The Kier molecular flexibility index (Phi) is 6.96. The minimum atomic E-state index is 0.111. The van der Waals surface area contributed by atoms with Crippen LogP contribution >= 0.6 is 11.8 Å². The molecule has 5 aliphatic carbocycles. The number of benzene rings is 6. The number of para-hydroxylation sites is 1. The predicted octanol–water partition coefficient (Wildman–Crippen LogP) is 14.9. The molecule has 3 heteroatoms. The Morgan fingerprint density at radius 3 is 2.09 bits per heavy atom. The van der Waals surface area contributed by atoms with E-state index >= 15 is 0 Å². The first-order chi connectivity index (χ1) is 27.2. The number of rotatable bonds is 4. The molecule has 278 valence electrons. The Morgan fingerprint density at radius 2 is 1.23 bits per heavy atom. The fourth-order valence-electron chi connectivity index (χ4n) is 12.7. The van der Waals surface area contributed by atoms with Gasteiger partial charge in [0.25, 0.3) is 0 Å². The molecule has 6 aliphatic rings. The molecule has 0 saturated heterocycles.